The van der Waals surface area contributed by atoms with E-state index in [4.69, 9.17) is 4.74 Å². The van der Waals surface area contributed by atoms with E-state index < -0.39 is 5.25 Å². The van der Waals surface area contributed by atoms with Gasteiger partial charge in [-0.2, -0.15) is 5.26 Å². The Balaban J connectivity index is 1.64. The number of hydrogen-bond donors (Lipinski definition) is 1. The van der Waals surface area contributed by atoms with Crippen LogP contribution >= 0.6 is 23.1 Å². The van der Waals surface area contributed by atoms with Crippen LogP contribution in [0.2, 0.25) is 0 Å². The number of thioether (sulfide) groups is 1. The third kappa shape index (κ3) is 4.51. The van der Waals surface area contributed by atoms with E-state index in [-0.39, 0.29) is 5.91 Å². The zero-order valence-corrected chi connectivity index (χ0v) is 19.0. The van der Waals surface area contributed by atoms with Crippen LogP contribution in [-0.4, -0.2) is 33.0 Å². The van der Waals surface area contributed by atoms with Crippen molar-refractivity contribution in [3.8, 4) is 28.9 Å². The number of aromatic nitrogens is 3. The molecule has 32 heavy (non-hydrogen) atoms. The van der Waals surface area contributed by atoms with Crippen LogP contribution in [0, 0.1) is 11.3 Å². The fraction of sp³-hybridized carbons (Fsp3) is 0.130. The summed E-state index contributed by atoms with van der Waals surface area (Å²) in [5.41, 5.74) is 2.22. The molecule has 1 unspecified atom stereocenters. The molecule has 0 aliphatic rings. The number of amides is 1. The Morgan fingerprint density at radius 1 is 1.16 bits per heavy atom. The zero-order chi connectivity index (χ0) is 22.5. The van der Waals surface area contributed by atoms with Gasteiger partial charge in [0.1, 0.15) is 16.8 Å². The highest BCUT2D eigenvalue weighted by molar-refractivity contribution is 8.00. The molecule has 0 radical (unpaired) electrons. The monoisotopic (exact) mass is 461 g/mol. The average molecular weight is 462 g/mol. The molecule has 0 aliphatic heterocycles. The molecule has 0 spiro atoms. The van der Waals surface area contributed by atoms with Gasteiger partial charge in [0.15, 0.2) is 11.0 Å². The molecular formula is C23H19N5O2S2. The normalized spacial score (nSPS) is 11.5. The summed E-state index contributed by atoms with van der Waals surface area (Å²) in [5, 5.41) is 23.3. The van der Waals surface area contributed by atoms with Crippen molar-refractivity contribution in [3.63, 3.8) is 0 Å². The standard InChI is InChI=1S/C23H19N5O2S2/c1-15(21(29)25-22-17(14-24)12-13-31-22)32-23-27-26-20(16-8-10-19(30-2)11-9-16)28(23)18-6-4-3-5-7-18/h3-13,15H,1-2H3,(H,25,29). The molecule has 2 aromatic carbocycles. The number of nitrogens with one attached hydrogen (secondary N) is 1. The van der Waals surface area contributed by atoms with E-state index in [0.717, 1.165) is 17.0 Å². The Morgan fingerprint density at radius 3 is 2.59 bits per heavy atom. The SMILES string of the molecule is COc1ccc(-c2nnc(SC(C)C(=O)Nc3sccc3C#N)n2-c2ccccc2)cc1. The number of rotatable bonds is 7. The summed E-state index contributed by atoms with van der Waals surface area (Å²) in [6, 6.07) is 21.1. The van der Waals surface area contributed by atoms with Gasteiger partial charge in [-0.05, 0) is 54.8 Å². The number of benzene rings is 2. The topological polar surface area (TPSA) is 92.8 Å². The molecule has 1 N–H and O–H groups in total. The Labute approximate surface area is 193 Å². The molecule has 4 aromatic rings. The first-order valence-corrected chi connectivity index (χ1v) is 11.5. The summed E-state index contributed by atoms with van der Waals surface area (Å²) < 4.78 is 7.19. The molecule has 1 atom stereocenters. The van der Waals surface area contributed by atoms with Crippen LogP contribution in [-0.2, 0) is 4.79 Å². The molecule has 2 heterocycles. The second-order valence-corrected chi connectivity index (χ2v) is 8.95. The number of para-hydroxylation sites is 1. The zero-order valence-electron chi connectivity index (χ0n) is 17.4. The molecule has 0 bridgehead atoms. The predicted molar refractivity (Wildman–Crippen MR) is 126 cm³/mol. The van der Waals surface area contributed by atoms with Gasteiger partial charge in [0.25, 0.3) is 0 Å². The number of thiophene rings is 1. The first-order chi connectivity index (χ1) is 15.6. The van der Waals surface area contributed by atoms with E-state index >= 15 is 0 Å². The van der Waals surface area contributed by atoms with E-state index in [9.17, 15) is 10.1 Å². The van der Waals surface area contributed by atoms with E-state index in [0.29, 0.717) is 21.5 Å². The maximum atomic E-state index is 12.8. The number of hydrogen-bond acceptors (Lipinski definition) is 7. The fourth-order valence-corrected chi connectivity index (χ4v) is 4.61. The minimum Gasteiger partial charge on any atom is -0.497 e. The molecule has 9 heteroatoms. The first-order valence-electron chi connectivity index (χ1n) is 9.71. The largest absolute Gasteiger partial charge is 0.497 e. The third-order valence-corrected chi connectivity index (χ3v) is 6.54. The maximum Gasteiger partial charge on any atom is 0.238 e. The van der Waals surface area contributed by atoms with Gasteiger partial charge in [-0.25, -0.2) is 0 Å². The quantitative estimate of drug-likeness (QED) is 0.390. The van der Waals surface area contributed by atoms with Crippen LogP contribution in [0.25, 0.3) is 17.1 Å². The third-order valence-electron chi connectivity index (χ3n) is 4.67. The van der Waals surface area contributed by atoms with E-state index in [2.05, 4.69) is 21.6 Å². The lowest BCUT2D eigenvalue weighted by atomic mass is 10.2. The molecule has 0 fully saturated rings. The average Bonchev–Trinajstić information content (AvgIpc) is 3.46. The van der Waals surface area contributed by atoms with Gasteiger partial charge >= 0.3 is 0 Å². The highest BCUT2D eigenvalue weighted by Crippen LogP contribution is 2.32. The van der Waals surface area contributed by atoms with Crippen LogP contribution in [0.15, 0.2) is 71.2 Å². The molecule has 0 aliphatic carbocycles. The number of nitrogens with zero attached hydrogens (tertiary/aromatic N) is 4. The van der Waals surface area contributed by atoms with Crippen LogP contribution in [0.4, 0.5) is 5.00 Å². The number of carbonyl (C=O) groups excluding carboxylic acids is 1. The molecule has 0 saturated heterocycles. The summed E-state index contributed by atoms with van der Waals surface area (Å²) in [6.45, 7) is 1.80. The van der Waals surface area contributed by atoms with Crippen LogP contribution in [0.1, 0.15) is 12.5 Å². The molecule has 1 amide bonds. The van der Waals surface area contributed by atoms with Crippen molar-refractivity contribution in [1.29, 1.82) is 5.26 Å². The molecule has 160 valence electrons. The number of methoxy groups -OCH3 is 1. The van der Waals surface area contributed by atoms with Crippen molar-refractivity contribution >= 4 is 34.0 Å². The minimum absolute atomic E-state index is 0.206. The summed E-state index contributed by atoms with van der Waals surface area (Å²) in [5.74, 6) is 1.21. The van der Waals surface area contributed by atoms with Crippen molar-refractivity contribution < 1.29 is 9.53 Å². The summed E-state index contributed by atoms with van der Waals surface area (Å²) in [7, 11) is 1.62. The lowest BCUT2D eigenvalue weighted by Gasteiger charge is -2.14. The Bertz CT molecular complexity index is 1260. The van der Waals surface area contributed by atoms with Crippen molar-refractivity contribution in [2.45, 2.75) is 17.3 Å². The molecule has 4 rings (SSSR count). The smallest absolute Gasteiger partial charge is 0.238 e. The fourth-order valence-electron chi connectivity index (χ4n) is 3.00. The van der Waals surface area contributed by atoms with Crippen molar-refractivity contribution in [1.82, 2.24) is 14.8 Å². The van der Waals surface area contributed by atoms with E-state index in [1.807, 2.05) is 59.2 Å². The minimum atomic E-state index is -0.459. The Kier molecular flexibility index (Phi) is 6.54. The van der Waals surface area contributed by atoms with E-state index in [1.165, 1.54) is 23.1 Å². The van der Waals surface area contributed by atoms with Crippen LogP contribution in [0.3, 0.4) is 0 Å². The van der Waals surface area contributed by atoms with Gasteiger partial charge in [0.2, 0.25) is 5.91 Å². The number of anilines is 1. The summed E-state index contributed by atoms with van der Waals surface area (Å²) in [4.78, 5) is 12.8. The second kappa shape index (κ2) is 9.68. The Hall–Kier alpha value is -3.61. The number of carbonyl (C=O) groups is 1. The van der Waals surface area contributed by atoms with Gasteiger partial charge in [0, 0.05) is 11.3 Å². The van der Waals surface area contributed by atoms with Gasteiger partial charge in [-0.1, -0.05) is 30.0 Å². The number of ether oxygens (including phenoxy) is 1. The molecule has 7 nitrogen and oxygen atoms in total. The summed E-state index contributed by atoms with van der Waals surface area (Å²) in [6.07, 6.45) is 0. The van der Waals surface area contributed by atoms with Crippen molar-refractivity contribution in [2.24, 2.45) is 0 Å². The number of nitriles is 1. The second-order valence-electron chi connectivity index (χ2n) is 6.73. The molecule has 0 saturated carbocycles. The highest BCUT2D eigenvalue weighted by Gasteiger charge is 2.22. The Morgan fingerprint density at radius 2 is 1.91 bits per heavy atom. The van der Waals surface area contributed by atoms with E-state index in [1.54, 1.807) is 25.5 Å². The van der Waals surface area contributed by atoms with Crippen LogP contribution < -0.4 is 10.1 Å². The lowest BCUT2D eigenvalue weighted by Crippen LogP contribution is -2.22. The van der Waals surface area contributed by atoms with Crippen molar-refractivity contribution in [2.75, 3.05) is 12.4 Å². The maximum absolute atomic E-state index is 12.8. The molecular weight excluding hydrogens is 442 g/mol. The van der Waals surface area contributed by atoms with Gasteiger partial charge in [0.05, 0.1) is 17.9 Å². The predicted octanol–water partition coefficient (Wildman–Crippen LogP) is 5.00. The molecule has 2 aromatic heterocycles. The van der Waals surface area contributed by atoms with Crippen molar-refractivity contribution in [3.05, 3.63) is 71.6 Å². The van der Waals surface area contributed by atoms with Gasteiger partial charge in [-0.3, -0.25) is 9.36 Å². The van der Waals surface area contributed by atoms with Gasteiger partial charge in [-0.15, -0.1) is 21.5 Å². The first kappa shape index (κ1) is 21.6. The van der Waals surface area contributed by atoms with Crippen LogP contribution in [0.5, 0.6) is 5.75 Å². The lowest BCUT2D eigenvalue weighted by molar-refractivity contribution is -0.115. The highest BCUT2D eigenvalue weighted by atomic mass is 32.2. The summed E-state index contributed by atoms with van der Waals surface area (Å²) >= 11 is 2.63. The van der Waals surface area contributed by atoms with Gasteiger partial charge < -0.3 is 10.1 Å².